The van der Waals surface area contributed by atoms with Gasteiger partial charge in [0.1, 0.15) is 0 Å². The van der Waals surface area contributed by atoms with E-state index in [0.29, 0.717) is 19.3 Å². The maximum Gasteiger partial charge on any atom is 0.225 e. The highest BCUT2D eigenvalue weighted by molar-refractivity contribution is 5.81. The van der Waals surface area contributed by atoms with Gasteiger partial charge in [-0.1, -0.05) is 20.8 Å². The van der Waals surface area contributed by atoms with Crippen LogP contribution in [0.25, 0.3) is 0 Å². The zero-order valence-corrected chi connectivity index (χ0v) is 11.3. The highest BCUT2D eigenvalue weighted by atomic mass is 16.5. The zero-order chi connectivity index (χ0) is 12.7. The molecule has 1 saturated heterocycles. The molecular formula is C13H26N2O2. The normalized spacial score (nSPS) is 18.1. The second kappa shape index (κ2) is 6.97. The molecule has 4 nitrogen and oxygen atoms in total. The summed E-state index contributed by atoms with van der Waals surface area (Å²) in [5.74, 6) is 0.119. The van der Waals surface area contributed by atoms with Crippen LogP contribution in [0.2, 0.25) is 0 Å². The molecule has 0 atom stereocenters. The predicted octanol–water partition coefficient (Wildman–Crippen LogP) is 1.31. The average molecular weight is 242 g/mol. The SMILES string of the molecule is CCC(C)(C)C(=O)NCCOC1CCNCC1. The Hall–Kier alpha value is -0.610. The molecule has 1 amide bonds. The van der Waals surface area contributed by atoms with Crippen LogP contribution in [0.15, 0.2) is 0 Å². The molecular weight excluding hydrogens is 216 g/mol. The van der Waals surface area contributed by atoms with Gasteiger partial charge in [0.2, 0.25) is 5.91 Å². The van der Waals surface area contributed by atoms with Crippen LogP contribution in [0.5, 0.6) is 0 Å². The fourth-order valence-electron chi connectivity index (χ4n) is 1.75. The van der Waals surface area contributed by atoms with Crippen molar-refractivity contribution in [3.63, 3.8) is 0 Å². The summed E-state index contributed by atoms with van der Waals surface area (Å²) in [7, 11) is 0. The zero-order valence-electron chi connectivity index (χ0n) is 11.3. The summed E-state index contributed by atoms with van der Waals surface area (Å²) < 4.78 is 5.72. The smallest absolute Gasteiger partial charge is 0.225 e. The predicted molar refractivity (Wildman–Crippen MR) is 68.9 cm³/mol. The molecule has 1 aliphatic heterocycles. The summed E-state index contributed by atoms with van der Waals surface area (Å²) in [6.45, 7) is 9.29. The lowest BCUT2D eigenvalue weighted by Crippen LogP contribution is -2.39. The van der Waals surface area contributed by atoms with Gasteiger partial charge < -0.3 is 15.4 Å². The number of nitrogens with one attached hydrogen (secondary N) is 2. The molecule has 1 fully saturated rings. The van der Waals surface area contributed by atoms with Crippen molar-refractivity contribution in [2.45, 2.75) is 46.1 Å². The molecule has 0 bridgehead atoms. The van der Waals surface area contributed by atoms with Gasteiger partial charge in [-0.25, -0.2) is 0 Å². The summed E-state index contributed by atoms with van der Waals surface area (Å²) in [5, 5.41) is 6.23. The molecule has 0 aromatic heterocycles. The number of carbonyl (C=O) groups is 1. The van der Waals surface area contributed by atoms with Crippen LogP contribution in [0.4, 0.5) is 0 Å². The Bertz CT molecular complexity index is 236. The lowest BCUT2D eigenvalue weighted by atomic mass is 9.89. The van der Waals surface area contributed by atoms with E-state index in [9.17, 15) is 4.79 Å². The molecule has 1 aliphatic rings. The molecule has 0 radical (unpaired) electrons. The molecule has 1 heterocycles. The van der Waals surface area contributed by atoms with E-state index in [1.807, 2.05) is 20.8 Å². The van der Waals surface area contributed by atoms with Crippen molar-refractivity contribution in [3.8, 4) is 0 Å². The molecule has 0 aromatic rings. The number of piperidine rings is 1. The summed E-state index contributed by atoms with van der Waals surface area (Å²) in [6, 6.07) is 0. The molecule has 0 aliphatic carbocycles. The van der Waals surface area contributed by atoms with Gasteiger partial charge in [0.25, 0.3) is 0 Å². The van der Waals surface area contributed by atoms with Gasteiger partial charge in [-0.2, -0.15) is 0 Å². The fourth-order valence-corrected chi connectivity index (χ4v) is 1.75. The third kappa shape index (κ3) is 5.04. The molecule has 100 valence electrons. The molecule has 0 saturated carbocycles. The number of hydrogen-bond acceptors (Lipinski definition) is 3. The first-order valence-electron chi connectivity index (χ1n) is 6.67. The van der Waals surface area contributed by atoms with Crippen LogP contribution in [-0.2, 0) is 9.53 Å². The third-order valence-electron chi connectivity index (χ3n) is 3.53. The van der Waals surface area contributed by atoms with Crippen molar-refractivity contribution < 1.29 is 9.53 Å². The largest absolute Gasteiger partial charge is 0.376 e. The molecule has 0 aromatic carbocycles. The van der Waals surface area contributed by atoms with Crippen LogP contribution in [0.3, 0.4) is 0 Å². The minimum absolute atomic E-state index is 0.119. The van der Waals surface area contributed by atoms with Gasteiger partial charge in [-0.15, -0.1) is 0 Å². The molecule has 0 unspecified atom stereocenters. The lowest BCUT2D eigenvalue weighted by Gasteiger charge is -2.24. The Balaban J connectivity index is 2.09. The van der Waals surface area contributed by atoms with E-state index in [4.69, 9.17) is 4.74 Å². The van der Waals surface area contributed by atoms with Crippen LogP contribution in [-0.4, -0.2) is 38.3 Å². The molecule has 2 N–H and O–H groups in total. The summed E-state index contributed by atoms with van der Waals surface area (Å²) in [6.07, 6.45) is 3.38. The van der Waals surface area contributed by atoms with Crippen LogP contribution < -0.4 is 10.6 Å². The molecule has 4 heteroatoms. The van der Waals surface area contributed by atoms with Crippen molar-refractivity contribution in [3.05, 3.63) is 0 Å². The van der Waals surface area contributed by atoms with Gasteiger partial charge in [-0.3, -0.25) is 4.79 Å². The van der Waals surface area contributed by atoms with Gasteiger partial charge in [0.05, 0.1) is 12.7 Å². The Kier molecular flexibility index (Phi) is 5.92. The second-order valence-electron chi connectivity index (χ2n) is 5.31. The Labute approximate surface area is 104 Å². The fraction of sp³-hybridized carbons (Fsp3) is 0.923. The van der Waals surface area contributed by atoms with Crippen LogP contribution in [0.1, 0.15) is 40.0 Å². The van der Waals surface area contributed by atoms with E-state index in [2.05, 4.69) is 10.6 Å². The Morgan fingerprint density at radius 1 is 1.41 bits per heavy atom. The maximum absolute atomic E-state index is 11.8. The van der Waals surface area contributed by atoms with Gasteiger partial charge >= 0.3 is 0 Å². The van der Waals surface area contributed by atoms with E-state index >= 15 is 0 Å². The topological polar surface area (TPSA) is 50.4 Å². The van der Waals surface area contributed by atoms with E-state index in [0.717, 1.165) is 32.4 Å². The monoisotopic (exact) mass is 242 g/mol. The number of amides is 1. The minimum Gasteiger partial charge on any atom is -0.376 e. The maximum atomic E-state index is 11.8. The van der Waals surface area contributed by atoms with Gasteiger partial charge in [-0.05, 0) is 32.4 Å². The van der Waals surface area contributed by atoms with Crippen molar-refractivity contribution in [2.75, 3.05) is 26.2 Å². The summed E-state index contributed by atoms with van der Waals surface area (Å²) >= 11 is 0. The number of rotatable bonds is 6. The van der Waals surface area contributed by atoms with Crippen LogP contribution >= 0.6 is 0 Å². The summed E-state index contributed by atoms with van der Waals surface area (Å²) in [5.41, 5.74) is -0.269. The van der Waals surface area contributed by atoms with E-state index in [-0.39, 0.29) is 11.3 Å². The first-order chi connectivity index (χ1) is 8.06. The van der Waals surface area contributed by atoms with E-state index in [1.165, 1.54) is 0 Å². The second-order valence-corrected chi connectivity index (χ2v) is 5.31. The molecule has 1 rings (SSSR count). The van der Waals surface area contributed by atoms with Crippen molar-refractivity contribution in [1.82, 2.24) is 10.6 Å². The highest BCUT2D eigenvalue weighted by Crippen LogP contribution is 2.19. The standard InChI is InChI=1S/C13H26N2O2/c1-4-13(2,3)12(16)15-9-10-17-11-5-7-14-8-6-11/h11,14H,4-10H2,1-3H3,(H,15,16). The highest BCUT2D eigenvalue weighted by Gasteiger charge is 2.24. The average Bonchev–Trinajstić information content (AvgIpc) is 2.35. The Morgan fingerprint density at radius 2 is 2.06 bits per heavy atom. The summed E-state index contributed by atoms with van der Waals surface area (Å²) in [4.78, 5) is 11.8. The first kappa shape index (κ1) is 14.5. The molecule has 17 heavy (non-hydrogen) atoms. The number of ether oxygens (including phenoxy) is 1. The van der Waals surface area contributed by atoms with Gasteiger partial charge in [0, 0.05) is 12.0 Å². The first-order valence-corrected chi connectivity index (χ1v) is 6.67. The quantitative estimate of drug-likeness (QED) is 0.690. The third-order valence-corrected chi connectivity index (χ3v) is 3.53. The van der Waals surface area contributed by atoms with Crippen LogP contribution in [0, 0.1) is 5.41 Å². The number of hydrogen-bond donors (Lipinski definition) is 2. The van der Waals surface area contributed by atoms with Crippen molar-refractivity contribution >= 4 is 5.91 Å². The lowest BCUT2D eigenvalue weighted by molar-refractivity contribution is -0.129. The minimum atomic E-state index is -0.269. The van der Waals surface area contributed by atoms with Crippen molar-refractivity contribution in [2.24, 2.45) is 5.41 Å². The Morgan fingerprint density at radius 3 is 2.65 bits per heavy atom. The van der Waals surface area contributed by atoms with Gasteiger partial charge in [0.15, 0.2) is 0 Å². The van der Waals surface area contributed by atoms with Crippen molar-refractivity contribution in [1.29, 1.82) is 0 Å². The van der Waals surface area contributed by atoms with E-state index in [1.54, 1.807) is 0 Å². The molecule has 0 spiro atoms. The van der Waals surface area contributed by atoms with E-state index < -0.39 is 0 Å². The number of carbonyl (C=O) groups excluding carboxylic acids is 1.